The average Bonchev–Trinajstić information content (AvgIpc) is 2.48. The maximum absolute atomic E-state index is 11.9. The molecule has 0 saturated heterocycles. The summed E-state index contributed by atoms with van der Waals surface area (Å²) in [7, 11) is 0. The van der Waals surface area contributed by atoms with Crippen LogP contribution in [0.1, 0.15) is 44.0 Å². The largest absolute Gasteiger partial charge is 0.458 e. The number of rotatable bonds is 8. The minimum atomic E-state index is -0.503. The number of nitrogens with one attached hydrogen (secondary N) is 1. The second kappa shape index (κ2) is 8.36. The van der Waals surface area contributed by atoms with Gasteiger partial charge < -0.3 is 10.1 Å². The molecule has 0 aromatic heterocycles. The Labute approximate surface area is 124 Å². The number of nitro groups is 1. The number of hydrogen-bond donors (Lipinski definition) is 1. The zero-order chi connectivity index (χ0) is 15.8. The van der Waals surface area contributed by atoms with Crippen molar-refractivity contribution in [2.75, 3.05) is 6.54 Å². The molecule has 0 bridgehead atoms. The van der Waals surface area contributed by atoms with Crippen LogP contribution in [0.4, 0.5) is 5.69 Å². The van der Waals surface area contributed by atoms with Gasteiger partial charge in [-0.15, -0.1) is 0 Å². The van der Waals surface area contributed by atoms with E-state index in [2.05, 4.69) is 19.2 Å². The van der Waals surface area contributed by atoms with Crippen LogP contribution in [0.15, 0.2) is 24.3 Å². The minimum absolute atomic E-state index is 0.0463. The number of esters is 1. The highest BCUT2D eigenvalue weighted by Crippen LogP contribution is 2.13. The van der Waals surface area contributed by atoms with Crippen LogP contribution in [0.5, 0.6) is 0 Å². The van der Waals surface area contributed by atoms with Gasteiger partial charge >= 0.3 is 5.97 Å². The van der Waals surface area contributed by atoms with Crippen molar-refractivity contribution < 1.29 is 14.5 Å². The molecule has 0 fully saturated rings. The fourth-order valence-corrected chi connectivity index (χ4v) is 1.92. The first-order valence-corrected chi connectivity index (χ1v) is 7.16. The van der Waals surface area contributed by atoms with Gasteiger partial charge in [-0.25, -0.2) is 4.79 Å². The summed E-state index contributed by atoms with van der Waals surface area (Å²) >= 11 is 0. The molecule has 1 rings (SSSR count). The zero-order valence-electron chi connectivity index (χ0n) is 12.7. The second-order valence-corrected chi connectivity index (χ2v) is 4.94. The van der Waals surface area contributed by atoms with Crippen LogP contribution < -0.4 is 5.32 Å². The molecule has 0 aliphatic carbocycles. The van der Waals surface area contributed by atoms with Gasteiger partial charge in [-0.1, -0.05) is 13.8 Å². The summed E-state index contributed by atoms with van der Waals surface area (Å²) in [6, 6.07) is 5.82. The van der Waals surface area contributed by atoms with Crippen LogP contribution in [-0.2, 0) is 4.74 Å². The lowest BCUT2D eigenvalue weighted by atomic mass is 10.1. The van der Waals surface area contributed by atoms with Crippen molar-refractivity contribution in [3.8, 4) is 0 Å². The number of non-ortho nitro benzene ring substituents is 1. The van der Waals surface area contributed by atoms with Crippen LogP contribution in [0.2, 0.25) is 0 Å². The Hall–Kier alpha value is -1.95. The Morgan fingerprint density at radius 2 is 1.86 bits per heavy atom. The van der Waals surface area contributed by atoms with Gasteiger partial charge in [-0.05, 0) is 31.9 Å². The minimum Gasteiger partial charge on any atom is -0.458 e. The standard InChI is InChI=1S/C15H22N2O4/c1-4-13(5-2)16-10-11(3)21-15(18)12-6-8-14(9-7-12)17(19)20/h6-9,11,13,16H,4-5,10H2,1-3H3. The number of nitro benzene ring substituents is 1. The molecule has 0 heterocycles. The zero-order valence-corrected chi connectivity index (χ0v) is 12.7. The van der Waals surface area contributed by atoms with Crippen molar-refractivity contribution in [3.63, 3.8) is 0 Å². The van der Waals surface area contributed by atoms with Crippen LogP contribution >= 0.6 is 0 Å². The van der Waals surface area contributed by atoms with Gasteiger partial charge in [-0.3, -0.25) is 10.1 Å². The molecule has 0 spiro atoms. The van der Waals surface area contributed by atoms with E-state index in [9.17, 15) is 14.9 Å². The third kappa shape index (κ3) is 5.51. The maximum Gasteiger partial charge on any atom is 0.338 e. The predicted octanol–water partition coefficient (Wildman–Crippen LogP) is 2.92. The first-order valence-electron chi connectivity index (χ1n) is 7.16. The summed E-state index contributed by atoms with van der Waals surface area (Å²) < 4.78 is 5.30. The Balaban J connectivity index is 2.50. The predicted molar refractivity (Wildman–Crippen MR) is 80.3 cm³/mol. The molecule has 116 valence electrons. The molecule has 1 atom stereocenters. The first kappa shape index (κ1) is 17.1. The number of carbonyl (C=O) groups excluding carboxylic acids is 1. The number of ether oxygens (including phenoxy) is 1. The summed E-state index contributed by atoms with van der Waals surface area (Å²) in [6.45, 7) is 6.62. The molecule has 1 N–H and O–H groups in total. The SMILES string of the molecule is CCC(CC)NCC(C)OC(=O)c1ccc([N+](=O)[O-])cc1. The average molecular weight is 294 g/mol. The highest BCUT2D eigenvalue weighted by atomic mass is 16.6. The molecule has 6 heteroatoms. The lowest BCUT2D eigenvalue weighted by molar-refractivity contribution is -0.384. The summed E-state index contributed by atoms with van der Waals surface area (Å²) in [5.41, 5.74) is 0.269. The van der Waals surface area contributed by atoms with Gasteiger partial charge in [0.15, 0.2) is 0 Å². The van der Waals surface area contributed by atoms with E-state index in [1.54, 1.807) is 0 Å². The molecule has 1 unspecified atom stereocenters. The fourth-order valence-electron chi connectivity index (χ4n) is 1.92. The Kier molecular flexibility index (Phi) is 6.81. The van der Waals surface area contributed by atoms with E-state index >= 15 is 0 Å². The van der Waals surface area contributed by atoms with Crippen LogP contribution in [0.3, 0.4) is 0 Å². The Morgan fingerprint density at radius 3 is 2.33 bits per heavy atom. The molecular formula is C15H22N2O4. The normalized spacial score (nSPS) is 12.2. The Bertz CT molecular complexity index is 469. The second-order valence-electron chi connectivity index (χ2n) is 4.94. The van der Waals surface area contributed by atoms with Gasteiger partial charge in [0.2, 0.25) is 0 Å². The fraction of sp³-hybridized carbons (Fsp3) is 0.533. The topological polar surface area (TPSA) is 81.5 Å². The molecule has 21 heavy (non-hydrogen) atoms. The summed E-state index contributed by atoms with van der Waals surface area (Å²) in [4.78, 5) is 21.9. The quantitative estimate of drug-likeness (QED) is 0.453. The monoisotopic (exact) mass is 294 g/mol. The number of hydrogen-bond acceptors (Lipinski definition) is 5. The molecule has 0 amide bonds. The molecule has 1 aromatic carbocycles. The van der Waals surface area contributed by atoms with Gasteiger partial charge in [0, 0.05) is 24.7 Å². The van der Waals surface area contributed by atoms with Crippen molar-refractivity contribution in [2.24, 2.45) is 0 Å². The van der Waals surface area contributed by atoms with Crippen molar-refractivity contribution in [1.29, 1.82) is 0 Å². The van der Waals surface area contributed by atoms with Gasteiger partial charge in [0.25, 0.3) is 5.69 Å². The third-order valence-corrected chi connectivity index (χ3v) is 3.30. The third-order valence-electron chi connectivity index (χ3n) is 3.30. The highest BCUT2D eigenvalue weighted by Gasteiger charge is 2.14. The first-order chi connectivity index (χ1) is 9.97. The van der Waals surface area contributed by atoms with E-state index in [-0.39, 0.29) is 11.8 Å². The molecule has 0 aliphatic rings. The molecule has 0 saturated carbocycles. The lowest BCUT2D eigenvalue weighted by Gasteiger charge is -2.19. The van der Waals surface area contributed by atoms with Crippen molar-refractivity contribution in [3.05, 3.63) is 39.9 Å². The summed E-state index contributed by atoms with van der Waals surface area (Å²) in [6.07, 6.45) is 1.80. The smallest absolute Gasteiger partial charge is 0.338 e. The summed E-state index contributed by atoms with van der Waals surface area (Å²) in [5, 5.41) is 13.9. The summed E-state index contributed by atoms with van der Waals surface area (Å²) in [5.74, 6) is -0.469. The number of carbonyl (C=O) groups is 1. The van der Waals surface area contributed by atoms with Crippen LogP contribution in [-0.4, -0.2) is 29.6 Å². The van der Waals surface area contributed by atoms with E-state index in [0.29, 0.717) is 18.2 Å². The van der Waals surface area contributed by atoms with E-state index in [1.807, 2.05) is 6.92 Å². The van der Waals surface area contributed by atoms with Crippen molar-refractivity contribution >= 4 is 11.7 Å². The molecular weight excluding hydrogens is 272 g/mol. The molecule has 0 radical (unpaired) electrons. The van der Waals surface area contributed by atoms with E-state index in [4.69, 9.17) is 4.74 Å². The molecule has 0 aliphatic heterocycles. The number of nitrogens with zero attached hydrogens (tertiary/aromatic N) is 1. The van der Waals surface area contributed by atoms with E-state index < -0.39 is 10.9 Å². The van der Waals surface area contributed by atoms with Crippen molar-refractivity contribution in [2.45, 2.75) is 45.8 Å². The van der Waals surface area contributed by atoms with Gasteiger partial charge in [0.05, 0.1) is 10.5 Å². The Morgan fingerprint density at radius 1 is 1.29 bits per heavy atom. The molecule has 6 nitrogen and oxygen atoms in total. The van der Waals surface area contributed by atoms with Crippen LogP contribution in [0, 0.1) is 10.1 Å². The van der Waals surface area contributed by atoms with Crippen LogP contribution in [0.25, 0.3) is 0 Å². The lowest BCUT2D eigenvalue weighted by Crippen LogP contribution is -2.35. The van der Waals surface area contributed by atoms with E-state index in [1.165, 1.54) is 24.3 Å². The van der Waals surface area contributed by atoms with Gasteiger partial charge in [-0.2, -0.15) is 0 Å². The van der Waals surface area contributed by atoms with Gasteiger partial charge in [0.1, 0.15) is 6.10 Å². The maximum atomic E-state index is 11.9. The number of benzene rings is 1. The van der Waals surface area contributed by atoms with Crippen molar-refractivity contribution in [1.82, 2.24) is 5.32 Å². The molecule has 1 aromatic rings. The van der Waals surface area contributed by atoms with E-state index in [0.717, 1.165) is 12.8 Å². The highest BCUT2D eigenvalue weighted by molar-refractivity contribution is 5.89.